The van der Waals surface area contributed by atoms with E-state index in [2.05, 4.69) is 24.5 Å². The lowest BCUT2D eigenvalue weighted by Gasteiger charge is -2.32. The maximum Gasteiger partial charge on any atom is 0.471 e. The minimum absolute atomic E-state index is 0.156. The number of fused-ring (bicyclic) bond motifs is 2. The molecule has 2 fully saturated rings. The smallest absolute Gasteiger partial charge is 0.350 e. The van der Waals surface area contributed by atoms with E-state index in [1.807, 2.05) is 0 Å². The number of carbonyl (C=O) groups excluding carboxylic acids is 1. The van der Waals surface area contributed by atoms with E-state index in [0.29, 0.717) is 18.7 Å². The average Bonchev–Trinajstić information content (AvgIpc) is 3.28. The van der Waals surface area contributed by atoms with Crippen molar-refractivity contribution in [1.82, 2.24) is 20.0 Å². The predicted molar refractivity (Wildman–Crippen MR) is 74.8 cm³/mol. The second-order valence-electron chi connectivity index (χ2n) is 5.82. The Bertz CT molecular complexity index is 761. The van der Waals surface area contributed by atoms with Gasteiger partial charge in [0.05, 0.1) is 12.1 Å². The van der Waals surface area contributed by atoms with Crippen LogP contribution in [0.2, 0.25) is 0 Å². The SMILES string of the molecule is O=CN1C[C@@H]2C[C@H]1CN2c1ccc(-c2noc(C(F)(F)F)n2)cn1. The third kappa shape index (κ3) is 2.38. The van der Waals surface area contributed by atoms with E-state index in [4.69, 9.17) is 0 Å². The first-order valence-electron chi connectivity index (χ1n) is 7.30. The Morgan fingerprint density at radius 1 is 1.25 bits per heavy atom. The van der Waals surface area contributed by atoms with Gasteiger partial charge in [-0.3, -0.25) is 4.79 Å². The number of piperazine rings is 1. The maximum absolute atomic E-state index is 12.5. The lowest BCUT2D eigenvalue weighted by Crippen LogP contribution is -2.46. The molecule has 2 aliphatic heterocycles. The summed E-state index contributed by atoms with van der Waals surface area (Å²) in [5.74, 6) is -0.819. The Kier molecular flexibility index (Phi) is 3.22. The van der Waals surface area contributed by atoms with Crippen LogP contribution in [0, 0.1) is 0 Å². The third-order valence-corrected chi connectivity index (χ3v) is 4.39. The van der Waals surface area contributed by atoms with Crippen molar-refractivity contribution in [2.45, 2.75) is 24.7 Å². The first-order chi connectivity index (χ1) is 11.5. The van der Waals surface area contributed by atoms with Gasteiger partial charge in [-0.05, 0) is 18.6 Å². The molecule has 0 radical (unpaired) electrons. The molecule has 24 heavy (non-hydrogen) atoms. The van der Waals surface area contributed by atoms with Crippen LogP contribution in [-0.2, 0) is 11.0 Å². The van der Waals surface area contributed by atoms with Gasteiger partial charge in [0, 0.05) is 24.8 Å². The van der Waals surface area contributed by atoms with Gasteiger partial charge in [0.1, 0.15) is 5.82 Å². The molecule has 126 valence electrons. The topological polar surface area (TPSA) is 75.4 Å². The van der Waals surface area contributed by atoms with Crippen molar-refractivity contribution in [1.29, 1.82) is 0 Å². The molecule has 0 aromatic carbocycles. The quantitative estimate of drug-likeness (QED) is 0.790. The highest BCUT2D eigenvalue weighted by Crippen LogP contribution is 2.33. The molecule has 0 spiro atoms. The fourth-order valence-corrected chi connectivity index (χ4v) is 3.25. The number of rotatable bonds is 3. The Hall–Kier alpha value is -2.65. The molecule has 1 amide bonds. The fourth-order valence-electron chi connectivity index (χ4n) is 3.25. The second kappa shape index (κ2) is 5.18. The molecule has 0 unspecified atom stereocenters. The van der Waals surface area contributed by atoms with Crippen molar-refractivity contribution < 1.29 is 22.5 Å². The molecule has 0 N–H and O–H groups in total. The van der Waals surface area contributed by atoms with Crippen LogP contribution in [0.5, 0.6) is 0 Å². The molecule has 10 heteroatoms. The number of pyridine rings is 1. The number of aromatic nitrogens is 3. The van der Waals surface area contributed by atoms with Gasteiger partial charge in [0.15, 0.2) is 0 Å². The van der Waals surface area contributed by atoms with Crippen molar-refractivity contribution in [2.75, 3.05) is 18.0 Å². The minimum atomic E-state index is -4.67. The van der Waals surface area contributed by atoms with Crippen LogP contribution in [0.3, 0.4) is 0 Å². The molecular formula is C14H12F3N5O2. The predicted octanol–water partition coefficient (Wildman–Crippen LogP) is 1.57. The van der Waals surface area contributed by atoms with Gasteiger partial charge in [-0.2, -0.15) is 18.2 Å². The number of carbonyl (C=O) groups is 1. The fraction of sp³-hybridized carbons (Fsp3) is 0.429. The highest BCUT2D eigenvalue weighted by Gasteiger charge is 2.43. The summed E-state index contributed by atoms with van der Waals surface area (Å²) in [6.45, 7) is 1.37. The molecule has 2 aliphatic rings. The summed E-state index contributed by atoms with van der Waals surface area (Å²) in [6, 6.07) is 3.74. The van der Waals surface area contributed by atoms with Crippen LogP contribution in [-0.4, -0.2) is 51.6 Å². The number of amides is 1. The van der Waals surface area contributed by atoms with Gasteiger partial charge >= 0.3 is 12.1 Å². The summed E-state index contributed by atoms with van der Waals surface area (Å²) in [6.07, 6.45) is -1.48. The van der Waals surface area contributed by atoms with Crippen molar-refractivity contribution in [3.63, 3.8) is 0 Å². The Balaban J connectivity index is 1.52. The third-order valence-electron chi connectivity index (χ3n) is 4.39. The molecule has 2 aromatic heterocycles. The zero-order valence-corrected chi connectivity index (χ0v) is 12.3. The van der Waals surface area contributed by atoms with Crippen LogP contribution in [0.15, 0.2) is 22.9 Å². The highest BCUT2D eigenvalue weighted by molar-refractivity contribution is 5.58. The molecule has 2 bridgehead atoms. The maximum atomic E-state index is 12.5. The molecule has 4 rings (SSSR count). The zero-order chi connectivity index (χ0) is 16.9. The second-order valence-corrected chi connectivity index (χ2v) is 5.82. The van der Waals surface area contributed by atoms with Crippen molar-refractivity contribution >= 4 is 12.2 Å². The number of hydrogen-bond donors (Lipinski definition) is 0. The van der Waals surface area contributed by atoms with E-state index in [0.717, 1.165) is 18.6 Å². The van der Waals surface area contributed by atoms with Crippen LogP contribution in [0.4, 0.5) is 19.0 Å². The molecule has 4 heterocycles. The molecule has 2 aromatic rings. The Labute approximate surface area is 134 Å². The summed E-state index contributed by atoms with van der Waals surface area (Å²) in [4.78, 5) is 22.4. The Morgan fingerprint density at radius 2 is 2.08 bits per heavy atom. The largest absolute Gasteiger partial charge is 0.471 e. The van der Waals surface area contributed by atoms with Crippen LogP contribution >= 0.6 is 0 Å². The van der Waals surface area contributed by atoms with Crippen molar-refractivity contribution in [2.24, 2.45) is 0 Å². The van der Waals surface area contributed by atoms with Gasteiger partial charge < -0.3 is 14.3 Å². The number of likely N-dealkylation sites (tertiary alicyclic amines) is 1. The van der Waals surface area contributed by atoms with Crippen LogP contribution in [0.25, 0.3) is 11.4 Å². The molecule has 2 saturated heterocycles. The van der Waals surface area contributed by atoms with Crippen molar-refractivity contribution in [3.8, 4) is 11.4 Å². The van der Waals surface area contributed by atoms with E-state index in [-0.39, 0.29) is 17.9 Å². The number of nitrogens with zero attached hydrogens (tertiary/aromatic N) is 5. The summed E-state index contributed by atoms with van der Waals surface area (Å²) >= 11 is 0. The summed E-state index contributed by atoms with van der Waals surface area (Å²) in [7, 11) is 0. The van der Waals surface area contributed by atoms with Crippen LogP contribution < -0.4 is 4.90 Å². The molecule has 0 aliphatic carbocycles. The summed E-state index contributed by atoms with van der Waals surface area (Å²) < 4.78 is 41.7. The van der Waals surface area contributed by atoms with Crippen molar-refractivity contribution in [3.05, 3.63) is 24.2 Å². The monoisotopic (exact) mass is 339 g/mol. The van der Waals surface area contributed by atoms with E-state index >= 15 is 0 Å². The normalized spacial score (nSPS) is 23.1. The first-order valence-corrected chi connectivity index (χ1v) is 7.30. The van der Waals surface area contributed by atoms with E-state index in [9.17, 15) is 18.0 Å². The first kappa shape index (κ1) is 14.9. The lowest BCUT2D eigenvalue weighted by atomic mass is 10.2. The summed E-state index contributed by atoms with van der Waals surface area (Å²) in [5, 5.41) is 3.33. The van der Waals surface area contributed by atoms with Gasteiger partial charge in [-0.15, -0.1) is 0 Å². The number of hydrogen-bond acceptors (Lipinski definition) is 6. The van der Waals surface area contributed by atoms with Gasteiger partial charge in [-0.1, -0.05) is 5.16 Å². The zero-order valence-electron chi connectivity index (χ0n) is 12.3. The average molecular weight is 339 g/mol. The number of anilines is 1. The van der Waals surface area contributed by atoms with E-state index in [1.54, 1.807) is 17.0 Å². The number of alkyl halides is 3. The number of halogens is 3. The van der Waals surface area contributed by atoms with E-state index in [1.165, 1.54) is 6.20 Å². The lowest BCUT2D eigenvalue weighted by molar-refractivity contribution is -0.159. The Morgan fingerprint density at radius 3 is 2.62 bits per heavy atom. The molecule has 0 saturated carbocycles. The van der Waals surface area contributed by atoms with Gasteiger partial charge in [0.2, 0.25) is 12.2 Å². The molecular weight excluding hydrogens is 327 g/mol. The standard InChI is InChI=1S/C14H12F3N5O2/c15-14(16,17)13-19-12(20-24-13)8-1-2-11(18-4-8)22-6-9-3-10(22)5-21(9)7-23/h1-2,4,7,9-10H,3,5-6H2/t9-,10-/m0/s1. The molecule has 7 nitrogen and oxygen atoms in total. The van der Waals surface area contributed by atoms with Gasteiger partial charge in [-0.25, -0.2) is 4.98 Å². The minimum Gasteiger partial charge on any atom is -0.350 e. The van der Waals surface area contributed by atoms with E-state index < -0.39 is 12.1 Å². The summed E-state index contributed by atoms with van der Waals surface area (Å²) in [5.41, 5.74) is 0.344. The van der Waals surface area contributed by atoms with Crippen LogP contribution in [0.1, 0.15) is 12.3 Å². The van der Waals surface area contributed by atoms with Gasteiger partial charge in [0.25, 0.3) is 0 Å². The molecule has 2 atom stereocenters. The highest BCUT2D eigenvalue weighted by atomic mass is 19.4.